The number of para-hydroxylation sites is 1. The fourth-order valence-corrected chi connectivity index (χ4v) is 6.13. The first-order valence-electron chi connectivity index (χ1n) is 9.59. The van der Waals surface area contributed by atoms with Crippen LogP contribution in [0.1, 0.15) is 41.0 Å². The van der Waals surface area contributed by atoms with Gasteiger partial charge in [0.1, 0.15) is 11.5 Å². The summed E-state index contributed by atoms with van der Waals surface area (Å²) in [6.45, 7) is 6.62. The van der Waals surface area contributed by atoms with Crippen molar-refractivity contribution in [3.63, 3.8) is 0 Å². The standard InChI is InChI=1S/C22H29NO4S/c1-15-14-21(27-5)16(2)17(3)22(15)28(24,25)23-12-10-18(11-13-23)19-8-6-7-9-20(19)26-4/h6-9,14,18H,10-13H2,1-5H3. The van der Waals surface area contributed by atoms with Crippen LogP contribution in [0.5, 0.6) is 11.5 Å². The summed E-state index contributed by atoms with van der Waals surface area (Å²) in [6.07, 6.45) is 1.57. The van der Waals surface area contributed by atoms with Gasteiger partial charge in [-0.05, 0) is 73.9 Å². The van der Waals surface area contributed by atoms with Gasteiger partial charge in [-0.15, -0.1) is 0 Å². The first kappa shape index (κ1) is 20.7. The summed E-state index contributed by atoms with van der Waals surface area (Å²) >= 11 is 0. The monoisotopic (exact) mass is 403 g/mol. The van der Waals surface area contributed by atoms with Crippen molar-refractivity contribution in [2.24, 2.45) is 0 Å². The van der Waals surface area contributed by atoms with E-state index in [0.29, 0.717) is 23.9 Å². The molecule has 1 saturated heterocycles. The maximum absolute atomic E-state index is 13.4. The van der Waals surface area contributed by atoms with Crippen LogP contribution in [0.25, 0.3) is 0 Å². The van der Waals surface area contributed by atoms with E-state index in [1.54, 1.807) is 18.5 Å². The molecule has 0 amide bonds. The van der Waals surface area contributed by atoms with Gasteiger partial charge in [-0.2, -0.15) is 4.31 Å². The minimum atomic E-state index is -3.55. The Morgan fingerprint density at radius 2 is 1.54 bits per heavy atom. The van der Waals surface area contributed by atoms with Gasteiger partial charge in [-0.3, -0.25) is 0 Å². The zero-order valence-corrected chi connectivity index (χ0v) is 18.1. The molecule has 0 spiro atoms. The van der Waals surface area contributed by atoms with Gasteiger partial charge >= 0.3 is 0 Å². The van der Waals surface area contributed by atoms with Crippen molar-refractivity contribution in [3.8, 4) is 11.5 Å². The molecule has 5 nitrogen and oxygen atoms in total. The summed E-state index contributed by atoms with van der Waals surface area (Å²) in [5.41, 5.74) is 3.53. The molecule has 0 unspecified atom stereocenters. The molecule has 152 valence electrons. The number of hydrogen-bond acceptors (Lipinski definition) is 4. The van der Waals surface area contributed by atoms with E-state index in [1.807, 2.05) is 45.0 Å². The number of rotatable bonds is 5. The lowest BCUT2D eigenvalue weighted by Gasteiger charge is -2.33. The number of benzene rings is 2. The zero-order valence-electron chi connectivity index (χ0n) is 17.3. The van der Waals surface area contributed by atoms with Crippen molar-refractivity contribution in [3.05, 3.63) is 52.6 Å². The first-order valence-corrected chi connectivity index (χ1v) is 11.0. The van der Waals surface area contributed by atoms with Crippen molar-refractivity contribution in [1.82, 2.24) is 4.31 Å². The van der Waals surface area contributed by atoms with Gasteiger partial charge in [0.2, 0.25) is 10.0 Å². The SMILES string of the molecule is COc1ccccc1C1CCN(S(=O)(=O)c2c(C)cc(OC)c(C)c2C)CC1. The number of piperidine rings is 1. The maximum atomic E-state index is 13.4. The molecule has 0 saturated carbocycles. The molecule has 1 fully saturated rings. The first-order chi connectivity index (χ1) is 13.3. The van der Waals surface area contributed by atoms with Gasteiger partial charge in [-0.25, -0.2) is 8.42 Å². The van der Waals surface area contributed by atoms with Gasteiger partial charge in [-0.1, -0.05) is 18.2 Å². The van der Waals surface area contributed by atoms with Crippen molar-refractivity contribution in [1.29, 1.82) is 0 Å². The molecule has 2 aromatic rings. The minimum absolute atomic E-state index is 0.308. The van der Waals surface area contributed by atoms with Gasteiger partial charge in [0, 0.05) is 13.1 Å². The highest BCUT2D eigenvalue weighted by atomic mass is 32.2. The van der Waals surface area contributed by atoms with E-state index in [9.17, 15) is 8.42 Å². The molecule has 2 aromatic carbocycles. The highest BCUT2D eigenvalue weighted by molar-refractivity contribution is 7.89. The van der Waals surface area contributed by atoms with Crippen LogP contribution >= 0.6 is 0 Å². The average molecular weight is 404 g/mol. The number of sulfonamides is 1. The lowest BCUT2D eigenvalue weighted by molar-refractivity contribution is 0.313. The number of methoxy groups -OCH3 is 2. The van der Waals surface area contributed by atoms with E-state index in [4.69, 9.17) is 9.47 Å². The van der Waals surface area contributed by atoms with Crippen molar-refractivity contribution in [2.45, 2.75) is 44.4 Å². The molecule has 0 atom stereocenters. The van der Waals surface area contributed by atoms with E-state index in [1.165, 1.54) is 0 Å². The average Bonchev–Trinajstić information content (AvgIpc) is 2.70. The number of aryl methyl sites for hydroxylation is 1. The molecule has 3 rings (SSSR count). The third-order valence-electron chi connectivity index (χ3n) is 5.83. The van der Waals surface area contributed by atoms with Crippen LogP contribution in [-0.4, -0.2) is 40.0 Å². The summed E-state index contributed by atoms with van der Waals surface area (Å²) < 4.78 is 39.3. The van der Waals surface area contributed by atoms with Crippen molar-refractivity contribution < 1.29 is 17.9 Å². The van der Waals surface area contributed by atoms with Gasteiger partial charge in [0.05, 0.1) is 19.1 Å². The molecule has 28 heavy (non-hydrogen) atoms. The van der Waals surface area contributed by atoms with Gasteiger partial charge < -0.3 is 9.47 Å². The lowest BCUT2D eigenvalue weighted by atomic mass is 9.89. The van der Waals surface area contributed by atoms with E-state index < -0.39 is 10.0 Å². The Hall–Kier alpha value is -2.05. The Morgan fingerprint density at radius 1 is 0.929 bits per heavy atom. The topological polar surface area (TPSA) is 55.8 Å². The number of hydrogen-bond donors (Lipinski definition) is 0. The minimum Gasteiger partial charge on any atom is -0.496 e. The second-order valence-corrected chi connectivity index (χ2v) is 9.27. The Balaban J connectivity index is 1.85. The van der Waals surface area contributed by atoms with Crippen LogP contribution < -0.4 is 9.47 Å². The highest BCUT2D eigenvalue weighted by Gasteiger charge is 2.33. The van der Waals surface area contributed by atoms with Gasteiger partial charge in [0.25, 0.3) is 0 Å². The second kappa shape index (κ2) is 8.13. The second-order valence-electron chi connectivity index (χ2n) is 7.40. The van der Waals surface area contributed by atoms with Crippen LogP contribution in [0.15, 0.2) is 35.2 Å². The van der Waals surface area contributed by atoms with Gasteiger partial charge in [0.15, 0.2) is 0 Å². The summed E-state index contributed by atoms with van der Waals surface area (Å²) in [6, 6.07) is 9.82. The van der Waals surface area contributed by atoms with Crippen molar-refractivity contribution >= 4 is 10.0 Å². The summed E-state index contributed by atoms with van der Waals surface area (Å²) in [5.74, 6) is 1.91. The van der Waals surface area contributed by atoms with Crippen LogP contribution in [0.3, 0.4) is 0 Å². The molecule has 0 bridgehead atoms. The van der Waals surface area contributed by atoms with Crippen LogP contribution in [0.2, 0.25) is 0 Å². The molecule has 6 heteroatoms. The number of ether oxygens (including phenoxy) is 2. The van der Waals surface area contributed by atoms with E-state index in [0.717, 1.165) is 46.6 Å². The number of nitrogens with zero attached hydrogens (tertiary/aromatic N) is 1. The predicted octanol–water partition coefficient (Wildman–Crippen LogP) is 4.20. The maximum Gasteiger partial charge on any atom is 0.243 e. The fraction of sp³-hybridized carbons (Fsp3) is 0.455. The molecule has 0 radical (unpaired) electrons. The van der Waals surface area contributed by atoms with Crippen LogP contribution in [0, 0.1) is 20.8 Å². The molecule has 0 aromatic heterocycles. The summed E-state index contributed by atoms with van der Waals surface area (Å²) in [5, 5.41) is 0. The van der Waals surface area contributed by atoms with Crippen molar-refractivity contribution in [2.75, 3.05) is 27.3 Å². The zero-order chi connectivity index (χ0) is 20.5. The normalized spacial score (nSPS) is 16.2. The molecule has 1 aliphatic heterocycles. The van der Waals surface area contributed by atoms with Crippen LogP contribution in [-0.2, 0) is 10.0 Å². The molecule has 1 aliphatic rings. The smallest absolute Gasteiger partial charge is 0.243 e. The van der Waals surface area contributed by atoms with E-state index in [2.05, 4.69) is 6.07 Å². The molecular formula is C22H29NO4S. The predicted molar refractivity (Wildman–Crippen MR) is 111 cm³/mol. The Kier molecular flexibility index (Phi) is 6.01. The Morgan fingerprint density at radius 3 is 2.14 bits per heavy atom. The third kappa shape index (κ3) is 3.63. The highest BCUT2D eigenvalue weighted by Crippen LogP contribution is 2.37. The Labute approximate surface area is 168 Å². The third-order valence-corrected chi connectivity index (χ3v) is 8.02. The Bertz CT molecular complexity index is 961. The quantitative estimate of drug-likeness (QED) is 0.751. The molecule has 0 N–H and O–H groups in total. The summed E-state index contributed by atoms with van der Waals surface area (Å²) in [7, 11) is -0.260. The van der Waals surface area contributed by atoms with E-state index in [-0.39, 0.29) is 0 Å². The fourth-order valence-electron chi connectivity index (χ4n) is 4.17. The van der Waals surface area contributed by atoms with E-state index >= 15 is 0 Å². The molecular weight excluding hydrogens is 374 g/mol. The molecule has 1 heterocycles. The largest absolute Gasteiger partial charge is 0.496 e. The summed E-state index contributed by atoms with van der Waals surface area (Å²) in [4.78, 5) is 0.418. The van der Waals surface area contributed by atoms with Crippen LogP contribution in [0.4, 0.5) is 0 Å². The molecule has 0 aliphatic carbocycles. The lowest BCUT2D eigenvalue weighted by Crippen LogP contribution is -2.38.